The number of carbonyl (C=O) groups is 1. The Morgan fingerprint density at radius 1 is 1.38 bits per heavy atom. The van der Waals surface area contributed by atoms with Crippen molar-refractivity contribution in [2.45, 2.75) is 33.4 Å². The highest BCUT2D eigenvalue weighted by molar-refractivity contribution is 9.10. The number of anilines is 1. The molecular formula is C15H15BrF3N3O2. The van der Waals surface area contributed by atoms with Crippen molar-refractivity contribution in [2.75, 3.05) is 5.32 Å². The topological polar surface area (TPSA) is 56.2 Å². The van der Waals surface area contributed by atoms with Crippen molar-refractivity contribution in [3.63, 3.8) is 0 Å². The van der Waals surface area contributed by atoms with Crippen LogP contribution >= 0.6 is 15.9 Å². The van der Waals surface area contributed by atoms with E-state index < -0.39 is 30.1 Å². The van der Waals surface area contributed by atoms with Crippen molar-refractivity contribution < 1.29 is 22.7 Å². The van der Waals surface area contributed by atoms with E-state index in [4.69, 9.17) is 0 Å². The zero-order valence-electron chi connectivity index (χ0n) is 13.1. The van der Waals surface area contributed by atoms with E-state index in [1.165, 1.54) is 4.68 Å². The van der Waals surface area contributed by atoms with Gasteiger partial charge >= 0.3 is 6.61 Å². The quantitative estimate of drug-likeness (QED) is 0.810. The van der Waals surface area contributed by atoms with Crippen LogP contribution in [-0.4, -0.2) is 22.3 Å². The van der Waals surface area contributed by atoms with Crippen molar-refractivity contribution in [3.05, 3.63) is 39.9 Å². The number of hydrogen-bond donors (Lipinski definition) is 1. The van der Waals surface area contributed by atoms with Gasteiger partial charge in [0.15, 0.2) is 5.75 Å². The number of halogens is 4. The Morgan fingerprint density at radius 3 is 2.58 bits per heavy atom. The molecule has 1 heterocycles. The van der Waals surface area contributed by atoms with Crippen LogP contribution in [0.4, 0.5) is 18.9 Å². The van der Waals surface area contributed by atoms with Crippen LogP contribution in [0.2, 0.25) is 0 Å². The second-order valence-corrected chi connectivity index (χ2v) is 5.91. The van der Waals surface area contributed by atoms with Crippen LogP contribution in [0.3, 0.4) is 0 Å². The third kappa shape index (κ3) is 3.89. The fourth-order valence-corrected chi connectivity index (χ4v) is 2.42. The Bertz CT molecular complexity index is 765. The maximum atomic E-state index is 13.2. The molecule has 0 aliphatic carbocycles. The van der Waals surface area contributed by atoms with Crippen LogP contribution in [-0.2, 0) is 4.79 Å². The van der Waals surface area contributed by atoms with Gasteiger partial charge in [0, 0.05) is 6.07 Å². The molecule has 0 fully saturated rings. The largest absolute Gasteiger partial charge is 0.432 e. The van der Waals surface area contributed by atoms with Gasteiger partial charge in [-0.05, 0) is 48.8 Å². The van der Waals surface area contributed by atoms with Crippen LogP contribution in [0, 0.1) is 19.7 Å². The third-order valence-corrected chi connectivity index (χ3v) is 4.55. The first-order valence-corrected chi connectivity index (χ1v) is 7.76. The van der Waals surface area contributed by atoms with E-state index in [1.54, 1.807) is 20.8 Å². The molecule has 2 aromatic rings. The molecule has 130 valence electrons. The van der Waals surface area contributed by atoms with Crippen LogP contribution in [0.1, 0.15) is 24.4 Å². The Morgan fingerprint density at radius 2 is 2.04 bits per heavy atom. The molecule has 0 aliphatic heterocycles. The minimum atomic E-state index is -3.13. The lowest BCUT2D eigenvalue weighted by atomic mass is 10.2. The monoisotopic (exact) mass is 405 g/mol. The normalized spacial score (nSPS) is 12.3. The van der Waals surface area contributed by atoms with E-state index in [1.807, 2.05) is 0 Å². The Balaban J connectivity index is 2.24. The fourth-order valence-electron chi connectivity index (χ4n) is 2.16. The number of alkyl halides is 2. The summed E-state index contributed by atoms with van der Waals surface area (Å²) in [5.74, 6) is -1.70. The van der Waals surface area contributed by atoms with E-state index in [9.17, 15) is 18.0 Å². The maximum absolute atomic E-state index is 13.2. The van der Waals surface area contributed by atoms with Crippen molar-refractivity contribution in [2.24, 2.45) is 0 Å². The van der Waals surface area contributed by atoms with Gasteiger partial charge in [-0.1, -0.05) is 0 Å². The fraction of sp³-hybridized carbons (Fsp3) is 0.333. The zero-order valence-corrected chi connectivity index (χ0v) is 14.7. The van der Waals surface area contributed by atoms with E-state index >= 15 is 0 Å². The lowest BCUT2D eigenvalue weighted by Crippen LogP contribution is -2.25. The molecule has 5 nitrogen and oxygen atoms in total. The van der Waals surface area contributed by atoms with Gasteiger partial charge in [-0.25, -0.2) is 4.39 Å². The van der Waals surface area contributed by atoms with Gasteiger partial charge in [-0.15, -0.1) is 0 Å². The minimum absolute atomic E-state index is 0.0471. The maximum Gasteiger partial charge on any atom is 0.387 e. The highest BCUT2D eigenvalue weighted by Crippen LogP contribution is 2.29. The molecule has 2 rings (SSSR count). The number of aryl methyl sites for hydroxylation is 1. The highest BCUT2D eigenvalue weighted by atomic mass is 79.9. The Hall–Kier alpha value is -2.03. The van der Waals surface area contributed by atoms with Gasteiger partial charge in [-0.2, -0.15) is 13.9 Å². The summed E-state index contributed by atoms with van der Waals surface area (Å²) in [4.78, 5) is 12.4. The molecule has 9 heteroatoms. The number of hydrogen-bond acceptors (Lipinski definition) is 3. The van der Waals surface area contributed by atoms with Gasteiger partial charge in [-0.3, -0.25) is 9.48 Å². The summed E-state index contributed by atoms with van der Waals surface area (Å²) in [6, 6.07) is 2.28. The third-order valence-electron chi connectivity index (χ3n) is 3.40. The van der Waals surface area contributed by atoms with Gasteiger partial charge in [0.2, 0.25) is 5.91 Å². The smallest absolute Gasteiger partial charge is 0.387 e. The SMILES string of the molecule is Cc1nn(C(C)C(=O)Nc2ccc(F)cc2OC(F)F)c(C)c1Br. The van der Waals surface area contributed by atoms with E-state index in [0.29, 0.717) is 0 Å². The second kappa shape index (κ2) is 7.25. The molecule has 1 atom stereocenters. The van der Waals surface area contributed by atoms with Gasteiger partial charge in [0.1, 0.15) is 11.9 Å². The first kappa shape index (κ1) is 18.3. The zero-order chi connectivity index (χ0) is 18.0. The van der Waals surface area contributed by atoms with E-state index in [0.717, 1.165) is 34.1 Å². The highest BCUT2D eigenvalue weighted by Gasteiger charge is 2.22. The first-order chi connectivity index (χ1) is 11.2. The van der Waals surface area contributed by atoms with Crippen LogP contribution in [0.15, 0.2) is 22.7 Å². The molecule has 1 N–H and O–H groups in total. The molecule has 1 aromatic heterocycles. The van der Waals surface area contributed by atoms with Gasteiger partial charge < -0.3 is 10.1 Å². The summed E-state index contributed by atoms with van der Waals surface area (Å²) in [6.45, 7) is 2.05. The Labute approximate surface area is 144 Å². The number of nitrogens with zero attached hydrogens (tertiary/aromatic N) is 2. The van der Waals surface area contributed by atoms with Crippen molar-refractivity contribution in [1.82, 2.24) is 9.78 Å². The molecule has 0 spiro atoms. The van der Waals surface area contributed by atoms with Crippen molar-refractivity contribution >= 4 is 27.5 Å². The molecule has 0 saturated carbocycles. The number of rotatable bonds is 5. The summed E-state index contributed by atoms with van der Waals surface area (Å²) in [7, 11) is 0. The van der Waals surface area contributed by atoms with Crippen molar-refractivity contribution in [1.29, 1.82) is 0 Å². The van der Waals surface area contributed by atoms with Crippen LogP contribution in [0.25, 0.3) is 0 Å². The van der Waals surface area contributed by atoms with E-state index in [-0.39, 0.29) is 5.69 Å². The molecule has 1 unspecified atom stereocenters. The molecule has 1 aromatic carbocycles. The van der Waals surface area contributed by atoms with Crippen LogP contribution in [0.5, 0.6) is 5.75 Å². The molecule has 24 heavy (non-hydrogen) atoms. The van der Waals surface area contributed by atoms with E-state index in [2.05, 4.69) is 31.1 Å². The number of nitrogens with one attached hydrogen (secondary N) is 1. The molecular weight excluding hydrogens is 391 g/mol. The molecule has 0 radical (unpaired) electrons. The molecule has 1 amide bonds. The summed E-state index contributed by atoms with van der Waals surface area (Å²) < 4.78 is 44.6. The predicted octanol–water partition coefficient (Wildman–Crippen LogP) is 4.20. The average Bonchev–Trinajstić information content (AvgIpc) is 2.76. The summed E-state index contributed by atoms with van der Waals surface area (Å²) in [5, 5.41) is 6.71. The summed E-state index contributed by atoms with van der Waals surface area (Å²) >= 11 is 3.37. The molecule has 0 aliphatic rings. The number of aromatic nitrogens is 2. The van der Waals surface area contributed by atoms with Gasteiger partial charge in [0.05, 0.1) is 21.5 Å². The standard InChI is InChI=1S/C15H15BrF3N3O2/c1-7-13(16)8(2)22(21-7)9(3)14(23)20-11-5-4-10(17)6-12(11)24-15(18)19/h4-6,9,15H,1-3H3,(H,20,23). The lowest BCUT2D eigenvalue weighted by molar-refractivity contribution is -0.119. The average molecular weight is 406 g/mol. The first-order valence-electron chi connectivity index (χ1n) is 6.97. The number of carbonyl (C=O) groups excluding carboxylic acids is 1. The lowest BCUT2D eigenvalue weighted by Gasteiger charge is -2.16. The van der Waals surface area contributed by atoms with Crippen LogP contribution < -0.4 is 10.1 Å². The second-order valence-electron chi connectivity index (χ2n) is 5.11. The number of benzene rings is 1. The van der Waals surface area contributed by atoms with Crippen molar-refractivity contribution in [3.8, 4) is 5.75 Å². The molecule has 0 bridgehead atoms. The summed E-state index contributed by atoms with van der Waals surface area (Å²) in [6.07, 6.45) is 0. The number of ether oxygens (including phenoxy) is 1. The summed E-state index contributed by atoms with van der Waals surface area (Å²) in [5.41, 5.74) is 1.42. The van der Waals surface area contributed by atoms with Gasteiger partial charge in [0.25, 0.3) is 0 Å². The molecule has 0 saturated heterocycles. The predicted molar refractivity (Wildman–Crippen MR) is 85.8 cm³/mol. The number of amides is 1. The minimum Gasteiger partial charge on any atom is -0.432 e. The Kier molecular flexibility index (Phi) is 5.53.